The number of nitrogens with zero attached hydrogens (tertiary/aromatic N) is 1. The maximum Gasteiger partial charge on any atom is 0.335 e. The van der Waals surface area contributed by atoms with E-state index in [0.717, 1.165) is 18.4 Å². The van der Waals surface area contributed by atoms with Crippen molar-refractivity contribution in [3.05, 3.63) is 71.3 Å². The predicted octanol–water partition coefficient (Wildman–Crippen LogP) is 2.74. The number of hydrogen-bond acceptors (Lipinski definition) is 3. The van der Waals surface area contributed by atoms with Crippen molar-refractivity contribution in [2.75, 3.05) is 13.1 Å². The Morgan fingerprint density at radius 3 is 2.50 bits per heavy atom. The Hall–Kier alpha value is -3.15. The number of rotatable bonds is 6. The first-order valence-corrected chi connectivity index (χ1v) is 9.52. The zero-order valence-corrected chi connectivity index (χ0v) is 15.6. The van der Waals surface area contributed by atoms with E-state index in [9.17, 15) is 14.4 Å². The number of hydrogen-bond donors (Lipinski definition) is 2. The first kappa shape index (κ1) is 19.6. The molecular formula is C22H24N2O4. The zero-order chi connectivity index (χ0) is 19.9. The summed E-state index contributed by atoms with van der Waals surface area (Å²) in [6.45, 7) is 0.970. The number of carboxylic acid groups (broad SMARTS) is 1. The number of carboxylic acids is 1. The molecule has 2 N–H and O–H groups in total. The van der Waals surface area contributed by atoms with E-state index in [4.69, 9.17) is 5.11 Å². The third kappa shape index (κ3) is 4.76. The summed E-state index contributed by atoms with van der Waals surface area (Å²) < 4.78 is 0. The normalized spacial score (nSPS) is 16.4. The van der Waals surface area contributed by atoms with Gasteiger partial charge in [0.15, 0.2) is 0 Å². The molecule has 0 bridgehead atoms. The van der Waals surface area contributed by atoms with Gasteiger partial charge in [0.25, 0.3) is 5.91 Å². The molecule has 2 amide bonds. The summed E-state index contributed by atoms with van der Waals surface area (Å²) in [5.41, 5.74) is 1.67. The molecule has 6 nitrogen and oxygen atoms in total. The summed E-state index contributed by atoms with van der Waals surface area (Å²) in [5.74, 6) is -1.24. The van der Waals surface area contributed by atoms with Crippen LogP contribution in [0.25, 0.3) is 0 Å². The minimum absolute atomic E-state index is 0.116. The van der Waals surface area contributed by atoms with Crippen LogP contribution in [0.15, 0.2) is 54.6 Å². The summed E-state index contributed by atoms with van der Waals surface area (Å²) >= 11 is 0. The van der Waals surface area contributed by atoms with Crippen molar-refractivity contribution in [2.24, 2.45) is 0 Å². The van der Waals surface area contributed by atoms with Crippen LogP contribution in [-0.4, -0.2) is 46.9 Å². The van der Waals surface area contributed by atoms with Crippen LogP contribution in [0.4, 0.5) is 0 Å². The van der Waals surface area contributed by atoms with E-state index in [1.54, 1.807) is 35.2 Å². The second-order valence-electron chi connectivity index (χ2n) is 6.92. The standard InChI is InChI=1S/C22H24N2O4/c25-20(23-13-12-16-7-6-10-18(15-16)22(27)28)19-11-4-5-14-24(19)21(26)17-8-2-1-3-9-17/h1-3,6-10,15,19H,4-5,11-14H2,(H,23,25)(H,27,28)/t19-/m1/s1. The van der Waals surface area contributed by atoms with E-state index in [1.165, 1.54) is 0 Å². The molecule has 2 aromatic carbocycles. The van der Waals surface area contributed by atoms with Gasteiger partial charge in [-0.3, -0.25) is 9.59 Å². The van der Waals surface area contributed by atoms with E-state index in [-0.39, 0.29) is 17.4 Å². The molecule has 1 aliphatic heterocycles. The fraction of sp³-hybridized carbons (Fsp3) is 0.318. The highest BCUT2D eigenvalue weighted by molar-refractivity contribution is 5.97. The van der Waals surface area contributed by atoms with Gasteiger partial charge in [0, 0.05) is 18.7 Å². The number of piperidine rings is 1. The van der Waals surface area contributed by atoms with Crippen molar-refractivity contribution in [2.45, 2.75) is 31.7 Å². The monoisotopic (exact) mass is 380 g/mol. The number of carbonyl (C=O) groups excluding carboxylic acids is 2. The van der Waals surface area contributed by atoms with Crippen molar-refractivity contribution in [1.29, 1.82) is 0 Å². The van der Waals surface area contributed by atoms with Crippen LogP contribution in [0.2, 0.25) is 0 Å². The van der Waals surface area contributed by atoms with Crippen molar-refractivity contribution in [1.82, 2.24) is 10.2 Å². The number of likely N-dealkylation sites (tertiary alicyclic amines) is 1. The van der Waals surface area contributed by atoms with Gasteiger partial charge in [0.1, 0.15) is 6.04 Å². The maximum absolute atomic E-state index is 12.8. The molecule has 0 radical (unpaired) electrons. The largest absolute Gasteiger partial charge is 0.478 e. The Morgan fingerprint density at radius 2 is 1.75 bits per heavy atom. The fourth-order valence-corrected chi connectivity index (χ4v) is 3.50. The van der Waals surface area contributed by atoms with Crippen molar-refractivity contribution < 1.29 is 19.5 Å². The van der Waals surface area contributed by atoms with E-state index in [2.05, 4.69) is 5.32 Å². The molecule has 0 unspecified atom stereocenters. The van der Waals surface area contributed by atoms with Gasteiger partial charge < -0.3 is 15.3 Å². The topological polar surface area (TPSA) is 86.7 Å². The van der Waals surface area contributed by atoms with Crippen LogP contribution >= 0.6 is 0 Å². The molecule has 3 rings (SSSR count). The van der Waals surface area contributed by atoms with Crippen molar-refractivity contribution in [3.63, 3.8) is 0 Å². The summed E-state index contributed by atoms with van der Waals surface area (Å²) in [6.07, 6.45) is 2.99. The van der Waals surface area contributed by atoms with Crippen LogP contribution < -0.4 is 5.32 Å². The van der Waals surface area contributed by atoms with Gasteiger partial charge in [-0.1, -0.05) is 30.3 Å². The molecule has 1 heterocycles. The first-order valence-electron chi connectivity index (χ1n) is 9.52. The minimum atomic E-state index is -0.969. The molecule has 0 aliphatic carbocycles. The lowest BCUT2D eigenvalue weighted by atomic mass is 10.00. The average molecular weight is 380 g/mol. The smallest absolute Gasteiger partial charge is 0.335 e. The van der Waals surface area contributed by atoms with Crippen molar-refractivity contribution >= 4 is 17.8 Å². The molecule has 0 spiro atoms. The van der Waals surface area contributed by atoms with Gasteiger partial charge in [-0.15, -0.1) is 0 Å². The SMILES string of the molecule is O=C(O)c1cccc(CCNC(=O)[C@H]2CCCCN2C(=O)c2ccccc2)c1. The molecule has 1 saturated heterocycles. The van der Waals surface area contributed by atoms with Gasteiger partial charge in [0.05, 0.1) is 5.56 Å². The molecular weight excluding hydrogens is 356 g/mol. The molecule has 1 atom stereocenters. The number of aromatic carboxylic acids is 1. The van der Waals surface area contributed by atoms with Gasteiger partial charge in [-0.2, -0.15) is 0 Å². The van der Waals surface area contributed by atoms with Crippen LogP contribution in [0.5, 0.6) is 0 Å². The van der Waals surface area contributed by atoms with E-state index in [1.807, 2.05) is 24.3 Å². The zero-order valence-electron chi connectivity index (χ0n) is 15.6. The number of amides is 2. The molecule has 28 heavy (non-hydrogen) atoms. The van der Waals surface area contributed by atoms with Gasteiger partial charge >= 0.3 is 5.97 Å². The van der Waals surface area contributed by atoms with Gasteiger partial charge in [-0.05, 0) is 55.5 Å². The maximum atomic E-state index is 12.8. The Kier molecular flexibility index (Phi) is 6.42. The van der Waals surface area contributed by atoms with Gasteiger partial charge in [0.2, 0.25) is 5.91 Å². The van der Waals surface area contributed by atoms with Crippen LogP contribution in [-0.2, 0) is 11.2 Å². The molecule has 6 heteroatoms. The Morgan fingerprint density at radius 1 is 1.00 bits per heavy atom. The highest BCUT2D eigenvalue weighted by Crippen LogP contribution is 2.20. The first-order chi connectivity index (χ1) is 13.6. The van der Waals surface area contributed by atoms with E-state index >= 15 is 0 Å². The summed E-state index contributed by atoms with van der Waals surface area (Å²) in [5, 5.41) is 12.0. The van der Waals surface area contributed by atoms with Crippen LogP contribution in [0.1, 0.15) is 45.5 Å². The fourth-order valence-electron chi connectivity index (χ4n) is 3.50. The number of nitrogens with one attached hydrogen (secondary N) is 1. The Bertz CT molecular complexity index is 851. The Balaban J connectivity index is 1.59. The summed E-state index contributed by atoms with van der Waals surface area (Å²) in [4.78, 5) is 38.2. The summed E-state index contributed by atoms with van der Waals surface area (Å²) in [7, 11) is 0. The Labute approximate surface area is 164 Å². The second kappa shape index (κ2) is 9.17. The third-order valence-electron chi connectivity index (χ3n) is 4.97. The third-order valence-corrected chi connectivity index (χ3v) is 4.97. The second-order valence-corrected chi connectivity index (χ2v) is 6.92. The summed E-state index contributed by atoms with van der Waals surface area (Å²) in [6, 6.07) is 15.2. The molecule has 0 aromatic heterocycles. The van der Waals surface area contributed by atoms with Crippen molar-refractivity contribution in [3.8, 4) is 0 Å². The predicted molar refractivity (Wildman–Crippen MR) is 105 cm³/mol. The molecule has 0 saturated carbocycles. The number of carbonyl (C=O) groups is 3. The van der Waals surface area contributed by atoms with E-state index < -0.39 is 12.0 Å². The lowest BCUT2D eigenvalue weighted by Gasteiger charge is -2.34. The molecule has 146 valence electrons. The minimum Gasteiger partial charge on any atom is -0.478 e. The van der Waals surface area contributed by atoms with E-state index in [0.29, 0.717) is 31.5 Å². The highest BCUT2D eigenvalue weighted by Gasteiger charge is 2.32. The lowest BCUT2D eigenvalue weighted by Crippen LogP contribution is -2.52. The lowest BCUT2D eigenvalue weighted by molar-refractivity contribution is -0.126. The van der Waals surface area contributed by atoms with Gasteiger partial charge in [-0.25, -0.2) is 4.79 Å². The molecule has 1 aliphatic rings. The highest BCUT2D eigenvalue weighted by atomic mass is 16.4. The molecule has 2 aromatic rings. The quantitative estimate of drug-likeness (QED) is 0.807. The molecule has 1 fully saturated rings. The number of benzene rings is 2. The van der Waals surface area contributed by atoms with Crippen LogP contribution in [0, 0.1) is 0 Å². The van der Waals surface area contributed by atoms with Crippen LogP contribution in [0.3, 0.4) is 0 Å². The average Bonchev–Trinajstić information content (AvgIpc) is 2.74.